The Morgan fingerprint density at radius 1 is 1.10 bits per heavy atom. The lowest BCUT2D eigenvalue weighted by Crippen LogP contribution is -2.14. The first-order valence-electron chi connectivity index (χ1n) is 5.22. The first-order chi connectivity index (χ1) is 9.29. The summed E-state index contributed by atoms with van der Waals surface area (Å²) < 4.78 is 29.3. The first-order valence-corrected chi connectivity index (χ1v) is 9.75. The topological polar surface area (TPSA) is 46.2 Å². The van der Waals surface area contributed by atoms with E-state index >= 15 is 0 Å². The summed E-state index contributed by atoms with van der Waals surface area (Å²) in [5, 5.41) is 0.353. The highest BCUT2D eigenvalue weighted by Gasteiger charge is 2.19. The Kier molecular flexibility index (Phi) is 5.39. The number of hydrogen-bond donors (Lipinski definition) is 1. The highest BCUT2D eigenvalue weighted by molar-refractivity contribution is 14.1. The summed E-state index contributed by atoms with van der Waals surface area (Å²) in [5.74, 6) is 0. The number of sulfonamides is 1. The average Bonchev–Trinajstić information content (AvgIpc) is 2.35. The van der Waals surface area contributed by atoms with Gasteiger partial charge in [-0.2, -0.15) is 0 Å². The molecule has 0 saturated heterocycles. The SMILES string of the molecule is O=S(=O)(Nc1ccc(I)cc1Cl)c1cc(Br)ccc1Br. The van der Waals surface area contributed by atoms with E-state index in [1.807, 2.05) is 0 Å². The lowest BCUT2D eigenvalue weighted by molar-refractivity contribution is 0.600. The molecular weight excluding hydrogens is 544 g/mol. The first kappa shape index (κ1) is 16.5. The van der Waals surface area contributed by atoms with Crippen molar-refractivity contribution < 1.29 is 8.42 Å². The minimum atomic E-state index is -3.72. The molecule has 0 atom stereocenters. The fraction of sp³-hybridized carbons (Fsp3) is 0. The lowest BCUT2D eigenvalue weighted by Gasteiger charge is -2.11. The van der Waals surface area contributed by atoms with E-state index in [0.29, 0.717) is 19.7 Å². The van der Waals surface area contributed by atoms with Crippen LogP contribution in [0.15, 0.2) is 50.2 Å². The van der Waals surface area contributed by atoms with Crippen LogP contribution in [-0.4, -0.2) is 8.42 Å². The van der Waals surface area contributed by atoms with E-state index in [1.54, 1.807) is 30.3 Å². The molecule has 0 unspecified atom stereocenters. The quantitative estimate of drug-likeness (QED) is 0.529. The Hall–Kier alpha value is 0.170. The van der Waals surface area contributed by atoms with Gasteiger partial charge in [0.2, 0.25) is 0 Å². The van der Waals surface area contributed by atoms with Gasteiger partial charge in [0, 0.05) is 12.5 Å². The van der Waals surface area contributed by atoms with Crippen LogP contribution in [0, 0.1) is 3.57 Å². The Morgan fingerprint density at radius 3 is 2.45 bits per heavy atom. The molecule has 20 heavy (non-hydrogen) atoms. The van der Waals surface area contributed by atoms with Crippen LogP contribution in [0.2, 0.25) is 5.02 Å². The second kappa shape index (κ2) is 6.51. The molecule has 106 valence electrons. The highest BCUT2D eigenvalue weighted by Crippen LogP contribution is 2.30. The number of rotatable bonds is 3. The number of halogens is 4. The molecule has 0 bridgehead atoms. The molecule has 0 saturated carbocycles. The van der Waals surface area contributed by atoms with E-state index in [-0.39, 0.29) is 4.90 Å². The molecule has 0 aromatic heterocycles. The summed E-state index contributed by atoms with van der Waals surface area (Å²) >= 11 is 14.6. The van der Waals surface area contributed by atoms with Crippen LogP contribution in [0.5, 0.6) is 0 Å². The zero-order valence-corrected chi connectivity index (χ0v) is 16.6. The zero-order valence-electron chi connectivity index (χ0n) is 9.70. The third-order valence-electron chi connectivity index (χ3n) is 2.36. The molecule has 8 heteroatoms. The molecule has 0 spiro atoms. The van der Waals surface area contributed by atoms with Crippen LogP contribution >= 0.6 is 66.1 Å². The van der Waals surface area contributed by atoms with Crippen molar-refractivity contribution in [3.8, 4) is 0 Å². The second-order valence-corrected chi connectivity index (χ2v) is 8.88. The van der Waals surface area contributed by atoms with Crippen LogP contribution in [0.3, 0.4) is 0 Å². The van der Waals surface area contributed by atoms with Crippen molar-refractivity contribution in [2.45, 2.75) is 4.90 Å². The summed E-state index contributed by atoms with van der Waals surface area (Å²) in [6, 6.07) is 10.0. The molecule has 0 aliphatic rings. The third kappa shape index (κ3) is 3.88. The minimum absolute atomic E-state index is 0.140. The van der Waals surface area contributed by atoms with Crippen LogP contribution in [0.4, 0.5) is 5.69 Å². The maximum absolute atomic E-state index is 12.4. The van der Waals surface area contributed by atoms with Crippen molar-refractivity contribution >= 4 is 81.8 Å². The van der Waals surface area contributed by atoms with Crippen LogP contribution in [-0.2, 0) is 10.0 Å². The molecule has 1 N–H and O–H groups in total. The summed E-state index contributed by atoms with van der Waals surface area (Å²) in [6.45, 7) is 0. The normalized spacial score (nSPS) is 11.4. The molecule has 2 rings (SSSR count). The van der Waals surface area contributed by atoms with Gasteiger partial charge in [0.1, 0.15) is 4.90 Å². The molecule has 2 aromatic rings. The molecule has 2 aromatic carbocycles. The van der Waals surface area contributed by atoms with Gasteiger partial charge < -0.3 is 0 Å². The van der Waals surface area contributed by atoms with Crippen molar-refractivity contribution in [1.29, 1.82) is 0 Å². The number of anilines is 1. The monoisotopic (exact) mass is 549 g/mol. The summed E-state index contributed by atoms with van der Waals surface area (Å²) in [4.78, 5) is 0.140. The van der Waals surface area contributed by atoms with E-state index in [2.05, 4.69) is 59.2 Å². The van der Waals surface area contributed by atoms with Crippen molar-refractivity contribution in [3.63, 3.8) is 0 Å². The van der Waals surface area contributed by atoms with Gasteiger partial charge in [-0.05, 0) is 74.9 Å². The fourth-order valence-corrected chi connectivity index (χ4v) is 5.00. The lowest BCUT2D eigenvalue weighted by atomic mass is 10.3. The molecule has 0 heterocycles. The molecule has 0 fully saturated rings. The number of hydrogen-bond acceptors (Lipinski definition) is 2. The van der Waals surface area contributed by atoms with E-state index < -0.39 is 10.0 Å². The third-order valence-corrected chi connectivity index (χ3v) is 6.19. The molecule has 0 radical (unpaired) electrons. The maximum Gasteiger partial charge on any atom is 0.263 e. The van der Waals surface area contributed by atoms with Gasteiger partial charge >= 0.3 is 0 Å². The van der Waals surface area contributed by atoms with Gasteiger partial charge in [0.25, 0.3) is 10.0 Å². The van der Waals surface area contributed by atoms with Gasteiger partial charge in [0.15, 0.2) is 0 Å². The van der Waals surface area contributed by atoms with Gasteiger partial charge in [0.05, 0.1) is 10.7 Å². The van der Waals surface area contributed by atoms with Gasteiger partial charge in [-0.1, -0.05) is 27.5 Å². The number of nitrogens with one attached hydrogen (secondary N) is 1. The molecule has 0 amide bonds. The summed E-state index contributed by atoms with van der Waals surface area (Å²) in [5.41, 5.74) is 0.346. The second-order valence-electron chi connectivity index (χ2n) is 3.80. The number of benzene rings is 2. The maximum atomic E-state index is 12.4. The van der Waals surface area contributed by atoms with Gasteiger partial charge in [-0.25, -0.2) is 8.42 Å². The van der Waals surface area contributed by atoms with E-state index in [9.17, 15) is 8.42 Å². The predicted molar refractivity (Wildman–Crippen MR) is 96.8 cm³/mol. The average molecular weight is 551 g/mol. The Labute approximate surface area is 152 Å². The van der Waals surface area contributed by atoms with Crippen molar-refractivity contribution in [3.05, 3.63) is 53.9 Å². The van der Waals surface area contributed by atoms with Gasteiger partial charge in [-0.3, -0.25) is 4.72 Å². The highest BCUT2D eigenvalue weighted by atomic mass is 127. The Balaban J connectivity index is 2.43. The van der Waals surface area contributed by atoms with E-state index in [1.165, 1.54) is 6.07 Å². The predicted octanol–water partition coefficient (Wildman–Crippen LogP) is 5.27. The largest absolute Gasteiger partial charge is 0.278 e. The molecule has 0 aliphatic carbocycles. The minimum Gasteiger partial charge on any atom is -0.278 e. The molecule has 0 aliphatic heterocycles. The standard InChI is InChI=1S/C12H7Br2ClINO2S/c13-7-1-3-9(14)12(5-7)20(18,19)17-11-4-2-8(16)6-10(11)15/h1-6,17H. The molecule has 3 nitrogen and oxygen atoms in total. The zero-order chi connectivity index (χ0) is 14.9. The summed E-state index contributed by atoms with van der Waals surface area (Å²) in [7, 11) is -3.72. The van der Waals surface area contributed by atoms with Crippen LogP contribution in [0.25, 0.3) is 0 Å². The smallest absolute Gasteiger partial charge is 0.263 e. The van der Waals surface area contributed by atoms with E-state index in [4.69, 9.17) is 11.6 Å². The van der Waals surface area contributed by atoms with Crippen molar-refractivity contribution in [2.24, 2.45) is 0 Å². The van der Waals surface area contributed by atoms with Crippen molar-refractivity contribution in [1.82, 2.24) is 0 Å². The summed E-state index contributed by atoms with van der Waals surface area (Å²) in [6.07, 6.45) is 0. The fourth-order valence-electron chi connectivity index (χ4n) is 1.46. The Morgan fingerprint density at radius 2 is 1.80 bits per heavy atom. The van der Waals surface area contributed by atoms with Crippen LogP contribution < -0.4 is 4.72 Å². The van der Waals surface area contributed by atoms with Crippen molar-refractivity contribution in [2.75, 3.05) is 4.72 Å². The Bertz CT molecular complexity index is 768. The van der Waals surface area contributed by atoms with E-state index in [0.717, 1.165) is 3.57 Å². The molecular formula is C12H7Br2ClINO2S. The van der Waals surface area contributed by atoms with Gasteiger partial charge in [-0.15, -0.1) is 0 Å². The van der Waals surface area contributed by atoms with Crippen LogP contribution in [0.1, 0.15) is 0 Å².